The predicted molar refractivity (Wildman–Crippen MR) is 131 cm³/mol. The molecule has 1 fully saturated rings. The molecule has 0 aliphatic carbocycles. The summed E-state index contributed by atoms with van der Waals surface area (Å²) >= 11 is 0. The molecule has 0 spiro atoms. The zero-order valence-electron chi connectivity index (χ0n) is 17.6. The van der Waals surface area contributed by atoms with E-state index in [2.05, 4.69) is 64.8 Å². The van der Waals surface area contributed by atoms with Gasteiger partial charge in [0, 0.05) is 51.2 Å². The molecular formula is C22H35IN6. The van der Waals surface area contributed by atoms with Crippen LogP contribution in [0.2, 0.25) is 0 Å². The van der Waals surface area contributed by atoms with Crippen LogP contribution in [-0.4, -0.2) is 52.9 Å². The van der Waals surface area contributed by atoms with E-state index >= 15 is 0 Å². The van der Waals surface area contributed by atoms with Gasteiger partial charge in [-0.05, 0) is 43.9 Å². The standard InChI is InChI=1S/C22H34N6.HI/c1-3-23-22(24-15-19(2)17-28-14-8-12-26-28)25-16-21-11-7-13-27(21)18-20-9-5-4-6-10-20;/h4-6,8-10,12,14,19,21H,3,7,11,13,15-18H2,1-2H3,(H2,23,24,25);1H. The van der Waals surface area contributed by atoms with Crippen molar-refractivity contribution in [2.75, 3.05) is 26.2 Å². The van der Waals surface area contributed by atoms with E-state index in [1.165, 1.54) is 24.9 Å². The zero-order chi connectivity index (χ0) is 19.6. The van der Waals surface area contributed by atoms with Crippen LogP contribution in [0.15, 0.2) is 53.8 Å². The van der Waals surface area contributed by atoms with Crippen LogP contribution in [0, 0.1) is 5.92 Å². The molecule has 3 rings (SSSR count). The Labute approximate surface area is 192 Å². The highest BCUT2D eigenvalue weighted by molar-refractivity contribution is 14.0. The van der Waals surface area contributed by atoms with Crippen LogP contribution in [0.5, 0.6) is 0 Å². The van der Waals surface area contributed by atoms with Gasteiger partial charge in [0.1, 0.15) is 0 Å². The number of aromatic nitrogens is 2. The number of aliphatic imine (C=N–C) groups is 1. The quantitative estimate of drug-likeness (QED) is 0.309. The molecule has 2 atom stereocenters. The minimum Gasteiger partial charge on any atom is -0.357 e. The van der Waals surface area contributed by atoms with Gasteiger partial charge in [0.25, 0.3) is 0 Å². The smallest absolute Gasteiger partial charge is 0.191 e. The van der Waals surface area contributed by atoms with Gasteiger partial charge in [-0.15, -0.1) is 24.0 Å². The molecule has 2 N–H and O–H groups in total. The SMILES string of the molecule is CCNC(=NCC(C)Cn1cccn1)NCC1CCCN1Cc1ccccc1.I. The van der Waals surface area contributed by atoms with E-state index in [9.17, 15) is 0 Å². The van der Waals surface area contributed by atoms with Crippen molar-refractivity contribution in [2.45, 2.75) is 45.8 Å². The van der Waals surface area contributed by atoms with Gasteiger partial charge >= 0.3 is 0 Å². The lowest BCUT2D eigenvalue weighted by atomic mass is 10.2. The first-order chi connectivity index (χ1) is 13.7. The Hall–Kier alpha value is -1.61. The van der Waals surface area contributed by atoms with Gasteiger partial charge in [0.05, 0.1) is 0 Å². The van der Waals surface area contributed by atoms with Crippen LogP contribution in [0.25, 0.3) is 0 Å². The number of benzene rings is 1. The number of nitrogens with one attached hydrogen (secondary N) is 2. The summed E-state index contributed by atoms with van der Waals surface area (Å²) in [6, 6.07) is 13.3. The van der Waals surface area contributed by atoms with Crippen molar-refractivity contribution < 1.29 is 0 Å². The molecule has 1 aromatic heterocycles. The van der Waals surface area contributed by atoms with E-state index in [0.717, 1.165) is 38.7 Å². The van der Waals surface area contributed by atoms with Crippen molar-refractivity contribution in [3.8, 4) is 0 Å². The highest BCUT2D eigenvalue weighted by atomic mass is 127. The Morgan fingerprint density at radius 3 is 2.79 bits per heavy atom. The van der Waals surface area contributed by atoms with Crippen LogP contribution in [0.3, 0.4) is 0 Å². The summed E-state index contributed by atoms with van der Waals surface area (Å²) in [6.45, 7) is 10.0. The third-order valence-electron chi connectivity index (χ3n) is 5.20. The summed E-state index contributed by atoms with van der Waals surface area (Å²) < 4.78 is 1.97. The average Bonchev–Trinajstić information content (AvgIpc) is 3.37. The Morgan fingerprint density at radius 2 is 2.07 bits per heavy atom. The summed E-state index contributed by atoms with van der Waals surface area (Å²) in [6.07, 6.45) is 6.35. The van der Waals surface area contributed by atoms with Gasteiger partial charge in [0.15, 0.2) is 5.96 Å². The molecule has 29 heavy (non-hydrogen) atoms. The van der Waals surface area contributed by atoms with Gasteiger partial charge < -0.3 is 10.6 Å². The number of hydrogen-bond donors (Lipinski definition) is 2. The second kappa shape index (κ2) is 12.8. The normalized spacial score (nSPS) is 18.3. The lowest BCUT2D eigenvalue weighted by Crippen LogP contribution is -2.45. The molecule has 7 heteroatoms. The maximum absolute atomic E-state index is 4.80. The molecule has 0 radical (unpaired) electrons. The summed E-state index contributed by atoms with van der Waals surface area (Å²) in [5.74, 6) is 1.36. The Balaban J connectivity index is 0.00000300. The van der Waals surface area contributed by atoms with Crippen molar-refractivity contribution in [1.82, 2.24) is 25.3 Å². The molecule has 2 unspecified atom stereocenters. The highest BCUT2D eigenvalue weighted by Gasteiger charge is 2.24. The number of hydrogen-bond acceptors (Lipinski definition) is 3. The third kappa shape index (κ3) is 7.97. The molecule has 0 bridgehead atoms. The Morgan fingerprint density at radius 1 is 1.24 bits per heavy atom. The first kappa shape index (κ1) is 23.7. The molecule has 1 aliphatic heterocycles. The molecule has 160 valence electrons. The molecule has 0 saturated carbocycles. The van der Waals surface area contributed by atoms with E-state index in [1.807, 2.05) is 23.1 Å². The fourth-order valence-corrected chi connectivity index (χ4v) is 3.74. The van der Waals surface area contributed by atoms with Crippen LogP contribution in [0.1, 0.15) is 32.3 Å². The predicted octanol–water partition coefficient (Wildman–Crippen LogP) is 3.36. The molecular weight excluding hydrogens is 475 g/mol. The van der Waals surface area contributed by atoms with Crippen LogP contribution in [0.4, 0.5) is 0 Å². The first-order valence-electron chi connectivity index (χ1n) is 10.5. The number of halogens is 1. The van der Waals surface area contributed by atoms with Gasteiger partial charge in [-0.25, -0.2) is 0 Å². The van der Waals surface area contributed by atoms with Crippen LogP contribution < -0.4 is 10.6 Å². The lowest BCUT2D eigenvalue weighted by Gasteiger charge is -2.25. The fourth-order valence-electron chi connectivity index (χ4n) is 3.74. The summed E-state index contributed by atoms with van der Waals surface area (Å²) in [4.78, 5) is 7.39. The van der Waals surface area contributed by atoms with Crippen molar-refractivity contribution in [3.63, 3.8) is 0 Å². The van der Waals surface area contributed by atoms with E-state index in [4.69, 9.17) is 4.99 Å². The van der Waals surface area contributed by atoms with Gasteiger partial charge in [-0.1, -0.05) is 37.3 Å². The number of guanidine groups is 1. The first-order valence-corrected chi connectivity index (χ1v) is 10.5. The number of rotatable bonds is 9. The summed E-state index contributed by atoms with van der Waals surface area (Å²) in [7, 11) is 0. The summed E-state index contributed by atoms with van der Waals surface area (Å²) in [5.41, 5.74) is 1.39. The Kier molecular flexibility index (Phi) is 10.5. The molecule has 2 aromatic rings. The molecule has 1 aromatic carbocycles. The van der Waals surface area contributed by atoms with E-state index in [1.54, 1.807) is 0 Å². The van der Waals surface area contributed by atoms with Crippen LogP contribution >= 0.6 is 24.0 Å². The van der Waals surface area contributed by atoms with Gasteiger partial charge in [-0.3, -0.25) is 14.6 Å². The molecule has 6 nitrogen and oxygen atoms in total. The second-order valence-electron chi connectivity index (χ2n) is 7.69. The van der Waals surface area contributed by atoms with Crippen molar-refractivity contribution in [3.05, 3.63) is 54.4 Å². The largest absolute Gasteiger partial charge is 0.357 e. The lowest BCUT2D eigenvalue weighted by molar-refractivity contribution is 0.245. The highest BCUT2D eigenvalue weighted by Crippen LogP contribution is 2.19. The molecule has 1 aliphatic rings. The average molecular weight is 510 g/mol. The van der Waals surface area contributed by atoms with Crippen molar-refractivity contribution in [2.24, 2.45) is 10.9 Å². The molecule has 2 heterocycles. The fraction of sp³-hybridized carbons (Fsp3) is 0.545. The molecule has 0 amide bonds. The third-order valence-corrected chi connectivity index (χ3v) is 5.20. The topological polar surface area (TPSA) is 57.5 Å². The maximum atomic E-state index is 4.80. The van der Waals surface area contributed by atoms with E-state index < -0.39 is 0 Å². The minimum absolute atomic E-state index is 0. The van der Waals surface area contributed by atoms with E-state index in [0.29, 0.717) is 12.0 Å². The van der Waals surface area contributed by atoms with Gasteiger partial charge in [-0.2, -0.15) is 5.10 Å². The monoisotopic (exact) mass is 510 g/mol. The second-order valence-corrected chi connectivity index (χ2v) is 7.69. The van der Waals surface area contributed by atoms with Crippen LogP contribution in [-0.2, 0) is 13.1 Å². The number of likely N-dealkylation sites (tertiary alicyclic amines) is 1. The molecule has 1 saturated heterocycles. The Bertz CT molecular complexity index is 703. The van der Waals surface area contributed by atoms with Gasteiger partial charge in [0.2, 0.25) is 0 Å². The minimum atomic E-state index is 0. The maximum Gasteiger partial charge on any atom is 0.191 e. The van der Waals surface area contributed by atoms with E-state index in [-0.39, 0.29) is 24.0 Å². The summed E-state index contributed by atoms with van der Waals surface area (Å²) in [5, 5.41) is 11.2. The number of nitrogens with zero attached hydrogens (tertiary/aromatic N) is 4. The van der Waals surface area contributed by atoms with Crippen molar-refractivity contribution >= 4 is 29.9 Å². The zero-order valence-corrected chi connectivity index (χ0v) is 20.0. The van der Waals surface area contributed by atoms with Crippen molar-refractivity contribution in [1.29, 1.82) is 0 Å².